The molecule has 35 heavy (non-hydrogen) atoms. The Morgan fingerprint density at radius 2 is 2.23 bits per heavy atom. The molecule has 3 aliphatic heterocycles. The minimum absolute atomic E-state index is 0.0548. The van der Waals surface area contributed by atoms with Crippen molar-refractivity contribution in [2.24, 2.45) is 16.8 Å². The van der Waals surface area contributed by atoms with Crippen LogP contribution in [0.5, 0.6) is 0 Å². The lowest BCUT2D eigenvalue weighted by Crippen LogP contribution is -2.45. The van der Waals surface area contributed by atoms with E-state index in [-0.39, 0.29) is 30.2 Å². The summed E-state index contributed by atoms with van der Waals surface area (Å²) in [4.78, 5) is 36.9. The molecule has 1 amide bonds. The number of aliphatic imine (C=N–C) groups is 1. The van der Waals surface area contributed by atoms with E-state index in [1.54, 1.807) is 32.2 Å². The number of rotatable bonds is 6. The van der Waals surface area contributed by atoms with Gasteiger partial charge in [0, 0.05) is 48.7 Å². The van der Waals surface area contributed by atoms with Gasteiger partial charge in [-0.1, -0.05) is 12.1 Å². The summed E-state index contributed by atoms with van der Waals surface area (Å²) in [5, 5.41) is 8.87. The van der Waals surface area contributed by atoms with Crippen molar-refractivity contribution < 1.29 is 18.7 Å². The molecule has 5 rings (SSSR count). The zero-order valence-corrected chi connectivity index (χ0v) is 20.5. The maximum atomic E-state index is 14.6. The van der Waals surface area contributed by atoms with Gasteiger partial charge in [0.15, 0.2) is 10.8 Å². The van der Waals surface area contributed by atoms with Gasteiger partial charge in [-0.05, 0) is 44.0 Å². The Hall–Kier alpha value is -3.11. The van der Waals surface area contributed by atoms with Crippen LogP contribution < -0.4 is 10.6 Å². The molecule has 4 heterocycles. The number of carbonyl (C=O) groups excluding carboxylic acids is 2. The molecule has 0 saturated carbocycles. The van der Waals surface area contributed by atoms with E-state index in [0.717, 1.165) is 19.5 Å². The van der Waals surface area contributed by atoms with Crippen molar-refractivity contribution in [3.63, 3.8) is 0 Å². The molecule has 1 aromatic heterocycles. The van der Waals surface area contributed by atoms with Crippen molar-refractivity contribution in [2.75, 3.05) is 32.8 Å². The van der Waals surface area contributed by atoms with Crippen molar-refractivity contribution in [2.45, 2.75) is 26.3 Å². The number of thiazole rings is 1. The van der Waals surface area contributed by atoms with E-state index in [0.29, 0.717) is 46.3 Å². The molecule has 0 unspecified atom stereocenters. The molecule has 10 heteroatoms. The monoisotopic (exact) mass is 497 g/mol. The average Bonchev–Trinajstić information content (AvgIpc) is 3.51. The minimum atomic E-state index is -0.729. The molecule has 2 N–H and O–H groups in total. The van der Waals surface area contributed by atoms with E-state index in [1.807, 2.05) is 5.38 Å². The number of esters is 1. The van der Waals surface area contributed by atoms with Gasteiger partial charge in [0.2, 0.25) is 5.91 Å². The lowest BCUT2D eigenvalue weighted by molar-refractivity contribution is -0.139. The second-order valence-electron chi connectivity index (χ2n) is 9.04. The highest BCUT2D eigenvalue weighted by Crippen LogP contribution is 2.36. The van der Waals surface area contributed by atoms with Crippen LogP contribution in [-0.4, -0.2) is 60.4 Å². The second-order valence-corrected chi connectivity index (χ2v) is 9.94. The highest BCUT2D eigenvalue weighted by atomic mass is 32.1. The first-order valence-corrected chi connectivity index (χ1v) is 12.7. The van der Waals surface area contributed by atoms with Crippen molar-refractivity contribution in [1.82, 2.24) is 20.5 Å². The zero-order valence-electron chi connectivity index (χ0n) is 19.7. The summed E-state index contributed by atoms with van der Waals surface area (Å²) >= 11 is 1.44. The zero-order chi connectivity index (χ0) is 24.5. The van der Waals surface area contributed by atoms with Crippen LogP contribution in [0.2, 0.25) is 0 Å². The Labute approximate surface area is 207 Å². The van der Waals surface area contributed by atoms with E-state index in [1.165, 1.54) is 17.4 Å². The number of aromatic nitrogens is 1. The van der Waals surface area contributed by atoms with Crippen molar-refractivity contribution in [3.8, 4) is 0 Å². The topological polar surface area (TPSA) is 95.9 Å². The normalized spacial score (nSPS) is 24.5. The molecular weight excluding hydrogens is 469 g/mol. The number of carbonyl (C=O) groups is 2. The highest BCUT2D eigenvalue weighted by molar-refractivity contribution is 7.11. The van der Waals surface area contributed by atoms with Gasteiger partial charge in [-0.15, -0.1) is 11.3 Å². The first-order valence-electron chi connectivity index (χ1n) is 11.9. The van der Waals surface area contributed by atoms with Crippen LogP contribution in [-0.2, 0) is 14.3 Å². The number of benzene rings is 1. The van der Waals surface area contributed by atoms with E-state index < -0.39 is 12.0 Å². The molecule has 3 atom stereocenters. The third-order valence-corrected chi connectivity index (χ3v) is 7.72. The molecular formula is C25H28FN5O3S. The number of nitrogens with one attached hydrogen (secondary N) is 2. The molecule has 184 valence electrons. The van der Waals surface area contributed by atoms with Crippen LogP contribution in [0.4, 0.5) is 4.39 Å². The van der Waals surface area contributed by atoms with Crippen molar-refractivity contribution in [3.05, 3.63) is 63.0 Å². The Bertz CT molecular complexity index is 1200. The number of ether oxygens (including phenoxy) is 1. The van der Waals surface area contributed by atoms with Gasteiger partial charge in [0.25, 0.3) is 0 Å². The lowest BCUT2D eigenvalue weighted by Gasteiger charge is -2.36. The van der Waals surface area contributed by atoms with Gasteiger partial charge < -0.3 is 15.4 Å². The van der Waals surface area contributed by atoms with Crippen LogP contribution in [0.15, 0.2) is 46.0 Å². The minimum Gasteiger partial charge on any atom is -0.463 e. The molecule has 0 bridgehead atoms. The fraction of sp³-hybridized carbons (Fsp3) is 0.440. The number of halogens is 1. The highest BCUT2D eigenvalue weighted by Gasteiger charge is 2.40. The molecule has 8 nitrogen and oxygen atoms in total. The fourth-order valence-corrected chi connectivity index (χ4v) is 5.74. The third-order valence-electron chi connectivity index (χ3n) is 6.94. The van der Waals surface area contributed by atoms with Crippen LogP contribution >= 0.6 is 11.3 Å². The number of likely N-dealkylation sites (tertiary alicyclic amines) is 1. The average molecular weight is 498 g/mol. The van der Waals surface area contributed by atoms with E-state index >= 15 is 0 Å². The quantitative estimate of drug-likeness (QED) is 0.596. The van der Waals surface area contributed by atoms with E-state index in [2.05, 4.69) is 20.5 Å². The molecule has 2 fully saturated rings. The largest absolute Gasteiger partial charge is 0.463 e. The van der Waals surface area contributed by atoms with Gasteiger partial charge in [0.1, 0.15) is 11.9 Å². The van der Waals surface area contributed by atoms with Crippen LogP contribution in [0.1, 0.15) is 35.5 Å². The van der Waals surface area contributed by atoms with E-state index in [9.17, 15) is 14.0 Å². The van der Waals surface area contributed by atoms with Crippen LogP contribution in [0.3, 0.4) is 0 Å². The third kappa shape index (κ3) is 4.60. The maximum absolute atomic E-state index is 14.6. The molecule has 1 aromatic carbocycles. The van der Waals surface area contributed by atoms with Gasteiger partial charge >= 0.3 is 5.97 Å². The first-order chi connectivity index (χ1) is 17.0. The SMILES string of the molecule is CCOC(=O)C1=C(CN2CC[C@H]3C(=O)NC[C@@H]3C2)NC(c2nccs2)=N[C@H]1c1cccc(F)c1C. The van der Waals surface area contributed by atoms with Crippen molar-refractivity contribution in [1.29, 1.82) is 0 Å². The number of piperidine rings is 1. The predicted octanol–water partition coefficient (Wildman–Crippen LogP) is 2.57. The maximum Gasteiger partial charge on any atom is 0.338 e. The van der Waals surface area contributed by atoms with Gasteiger partial charge in [-0.3, -0.25) is 14.7 Å². The Kier molecular flexibility index (Phi) is 6.66. The summed E-state index contributed by atoms with van der Waals surface area (Å²) in [7, 11) is 0. The Morgan fingerprint density at radius 3 is 3.00 bits per heavy atom. The molecule has 3 aliphatic rings. The van der Waals surface area contributed by atoms with Gasteiger partial charge in [-0.25, -0.2) is 14.2 Å². The second kappa shape index (κ2) is 9.87. The summed E-state index contributed by atoms with van der Waals surface area (Å²) < 4.78 is 20.0. The summed E-state index contributed by atoms with van der Waals surface area (Å²) in [6.07, 6.45) is 2.48. The Balaban J connectivity index is 1.55. The molecule has 0 aliphatic carbocycles. The summed E-state index contributed by atoms with van der Waals surface area (Å²) in [5.41, 5.74) is 2.11. The summed E-state index contributed by atoms with van der Waals surface area (Å²) in [6, 6.07) is 4.11. The molecule has 2 saturated heterocycles. The smallest absolute Gasteiger partial charge is 0.338 e. The van der Waals surface area contributed by atoms with Crippen molar-refractivity contribution >= 4 is 29.0 Å². The van der Waals surface area contributed by atoms with Crippen LogP contribution in [0, 0.1) is 24.6 Å². The standard InChI is InChI=1S/C25H28FN5O3S/c1-3-34-25(33)20-19(13-31-9-7-17-15(12-31)11-28-23(17)32)29-22(24-27-8-10-35-24)30-21(20)16-5-4-6-18(26)14(16)2/h4-6,8,10,15,17,21H,3,7,9,11-13H2,1-2H3,(H,28,32)(H,29,30)/t15-,17-,21+/m1/s1. The number of amidine groups is 1. The predicted molar refractivity (Wildman–Crippen MR) is 130 cm³/mol. The summed E-state index contributed by atoms with van der Waals surface area (Å²) in [5.74, 6) is 0.163. The van der Waals surface area contributed by atoms with Gasteiger partial charge in [0.05, 0.1) is 12.2 Å². The number of hydrogen-bond donors (Lipinski definition) is 2. The Morgan fingerprint density at radius 1 is 1.37 bits per heavy atom. The first kappa shape index (κ1) is 23.6. The lowest BCUT2D eigenvalue weighted by atomic mass is 9.87. The molecule has 0 spiro atoms. The number of fused-ring (bicyclic) bond motifs is 1. The van der Waals surface area contributed by atoms with E-state index in [4.69, 9.17) is 9.73 Å². The van der Waals surface area contributed by atoms with Gasteiger partial charge in [-0.2, -0.15) is 0 Å². The molecule has 0 radical (unpaired) electrons. The number of nitrogens with zero attached hydrogens (tertiary/aromatic N) is 3. The fourth-order valence-electron chi connectivity index (χ4n) is 5.15. The number of amides is 1. The number of hydrogen-bond acceptors (Lipinski definition) is 8. The molecule has 2 aromatic rings. The van der Waals surface area contributed by atoms with Crippen LogP contribution in [0.25, 0.3) is 0 Å². The summed E-state index contributed by atoms with van der Waals surface area (Å²) in [6.45, 7) is 6.30.